The molecule has 0 spiro atoms. The van der Waals surface area contributed by atoms with E-state index in [-0.39, 0.29) is 11.7 Å². The van der Waals surface area contributed by atoms with E-state index in [1.165, 1.54) is 29.5 Å². The molecule has 1 heterocycles. The number of aromatic nitrogens is 2. The Morgan fingerprint density at radius 1 is 1.43 bits per heavy atom. The van der Waals surface area contributed by atoms with Gasteiger partial charge in [0.05, 0.1) is 0 Å². The fraction of sp³-hybridized carbons (Fsp3) is 0.267. The molecule has 4 nitrogen and oxygen atoms in total. The third-order valence-electron chi connectivity index (χ3n) is 2.56. The molecule has 1 aromatic heterocycles. The molecule has 0 radical (unpaired) electrons. The van der Waals surface area contributed by atoms with Crippen LogP contribution in [0.2, 0.25) is 0 Å². The van der Waals surface area contributed by atoms with E-state index in [0.29, 0.717) is 16.6 Å². The van der Waals surface area contributed by atoms with Crippen molar-refractivity contribution in [2.45, 2.75) is 20.3 Å². The van der Waals surface area contributed by atoms with Crippen molar-refractivity contribution in [2.75, 3.05) is 5.32 Å². The van der Waals surface area contributed by atoms with Gasteiger partial charge >= 0.3 is 0 Å². The van der Waals surface area contributed by atoms with Crippen molar-refractivity contribution in [3.63, 3.8) is 0 Å². The van der Waals surface area contributed by atoms with Crippen LogP contribution in [0.15, 0.2) is 30.3 Å². The molecular weight excluding hydrogens is 289 g/mol. The molecule has 0 bridgehead atoms. The number of carbonyl (C=O) groups excluding carboxylic acids is 1. The minimum Gasteiger partial charge on any atom is -0.297 e. The molecule has 0 aliphatic heterocycles. The van der Waals surface area contributed by atoms with Crippen molar-refractivity contribution in [1.29, 1.82) is 0 Å². The Bertz CT molecular complexity index is 652. The lowest BCUT2D eigenvalue weighted by Crippen LogP contribution is -2.07. The number of anilines is 1. The second-order valence-corrected chi connectivity index (χ2v) is 6.04. The smallest absolute Gasteiger partial charge is 0.250 e. The fourth-order valence-electron chi connectivity index (χ4n) is 1.67. The van der Waals surface area contributed by atoms with Crippen molar-refractivity contribution >= 4 is 28.5 Å². The SMILES string of the molecule is CC(C)Cc1nnc(NC(=O)/C=C/c2cccc(F)c2)s1. The summed E-state index contributed by atoms with van der Waals surface area (Å²) in [5.74, 6) is -0.152. The number of hydrogen-bond donors (Lipinski definition) is 1. The number of amides is 1. The summed E-state index contributed by atoms with van der Waals surface area (Å²) >= 11 is 1.37. The summed E-state index contributed by atoms with van der Waals surface area (Å²) in [5.41, 5.74) is 0.628. The Labute approximate surface area is 126 Å². The summed E-state index contributed by atoms with van der Waals surface area (Å²) in [6, 6.07) is 6.03. The van der Waals surface area contributed by atoms with Crippen molar-refractivity contribution in [1.82, 2.24) is 10.2 Å². The summed E-state index contributed by atoms with van der Waals surface area (Å²) in [4.78, 5) is 11.7. The summed E-state index contributed by atoms with van der Waals surface area (Å²) in [7, 11) is 0. The lowest BCUT2D eigenvalue weighted by molar-refractivity contribution is -0.111. The highest BCUT2D eigenvalue weighted by Crippen LogP contribution is 2.18. The van der Waals surface area contributed by atoms with Gasteiger partial charge in [0.25, 0.3) is 0 Å². The predicted molar refractivity (Wildman–Crippen MR) is 82.5 cm³/mol. The zero-order chi connectivity index (χ0) is 15.2. The molecule has 2 rings (SSSR count). The number of hydrogen-bond acceptors (Lipinski definition) is 4. The first kappa shape index (κ1) is 15.3. The maximum Gasteiger partial charge on any atom is 0.250 e. The van der Waals surface area contributed by atoms with Crippen molar-refractivity contribution in [2.24, 2.45) is 5.92 Å². The molecule has 21 heavy (non-hydrogen) atoms. The van der Waals surface area contributed by atoms with Crippen molar-refractivity contribution < 1.29 is 9.18 Å². The maximum absolute atomic E-state index is 13.0. The molecule has 0 unspecified atom stereocenters. The molecule has 2 aromatic rings. The monoisotopic (exact) mass is 305 g/mol. The van der Waals surface area contributed by atoms with Crippen molar-refractivity contribution in [3.05, 3.63) is 46.7 Å². The molecule has 0 saturated carbocycles. The van der Waals surface area contributed by atoms with Crippen LogP contribution in [0.5, 0.6) is 0 Å². The summed E-state index contributed by atoms with van der Waals surface area (Å²) < 4.78 is 13.0. The number of nitrogens with one attached hydrogen (secondary N) is 1. The maximum atomic E-state index is 13.0. The van der Waals surface area contributed by atoms with Gasteiger partial charge in [0.2, 0.25) is 11.0 Å². The first-order valence-corrected chi connectivity index (χ1v) is 7.41. The first-order chi connectivity index (χ1) is 10.0. The van der Waals surface area contributed by atoms with Crippen LogP contribution < -0.4 is 5.32 Å². The highest BCUT2D eigenvalue weighted by atomic mass is 32.1. The van der Waals surface area contributed by atoms with E-state index in [1.54, 1.807) is 18.2 Å². The number of carbonyl (C=O) groups is 1. The van der Waals surface area contributed by atoms with Gasteiger partial charge in [-0.3, -0.25) is 10.1 Å². The zero-order valence-electron chi connectivity index (χ0n) is 11.8. The van der Waals surface area contributed by atoms with Crippen LogP contribution in [-0.4, -0.2) is 16.1 Å². The minimum absolute atomic E-state index is 0.313. The van der Waals surface area contributed by atoms with Gasteiger partial charge in [0.1, 0.15) is 10.8 Å². The van der Waals surface area contributed by atoms with Crippen LogP contribution in [0.25, 0.3) is 6.08 Å². The molecule has 110 valence electrons. The highest BCUT2D eigenvalue weighted by molar-refractivity contribution is 7.15. The summed E-state index contributed by atoms with van der Waals surface area (Å²) in [6.45, 7) is 4.20. The van der Waals surface area contributed by atoms with E-state index >= 15 is 0 Å². The fourth-order valence-corrected chi connectivity index (χ4v) is 2.62. The van der Waals surface area contributed by atoms with Gasteiger partial charge in [-0.2, -0.15) is 0 Å². The minimum atomic E-state index is -0.333. The Kier molecular flexibility index (Phi) is 5.16. The second kappa shape index (κ2) is 7.08. The quantitative estimate of drug-likeness (QED) is 0.860. The molecule has 1 aromatic carbocycles. The second-order valence-electron chi connectivity index (χ2n) is 4.98. The van der Waals surface area contributed by atoms with Crippen LogP contribution >= 0.6 is 11.3 Å². The van der Waals surface area contributed by atoms with Gasteiger partial charge in [-0.25, -0.2) is 4.39 Å². The van der Waals surface area contributed by atoms with E-state index < -0.39 is 0 Å². The van der Waals surface area contributed by atoms with Gasteiger partial charge in [-0.05, 0) is 29.7 Å². The normalized spacial score (nSPS) is 11.2. The number of nitrogens with zero attached hydrogens (tertiary/aromatic N) is 2. The summed E-state index contributed by atoms with van der Waals surface area (Å²) in [5, 5.41) is 12.0. The van der Waals surface area contributed by atoms with E-state index in [1.807, 2.05) is 0 Å². The van der Waals surface area contributed by atoms with Gasteiger partial charge < -0.3 is 0 Å². The van der Waals surface area contributed by atoms with E-state index in [9.17, 15) is 9.18 Å². The van der Waals surface area contributed by atoms with Gasteiger partial charge in [0, 0.05) is 12.5 Å². The lowest BCUT2D eigenvalue weighted by Gasteiger charge is -1.97. The Balaban J connectivity index is 1.94. The Morgan fingerprint density at radius 3 is 2.95 bits per heavy atom. The molecule has 0 fully saturated rings. The molecule has 1 amide bonds. The molecule has 0 atom stereocenters. The van der Waals surface area contributed by atoms with Crippen LogP contribution in [-0.2, 0) is 11.2 Å². The van der Waals surface area contributed by atoms with Gasteiger partial charge in [-0.1, -0.05) is 37.3 Å². The van der Waals surface area contributed by atoms with E-state index in [2.05, 4.69) is 29.4 Å². The average Bonchev–Trinajstić information content (AvgIpc) is 2.83. The molecule has 0 aliphatic carbocycles. The molecular formula is C15H16FN3OS. The molecule has 0 aliphatic rings. The molecule has 0 saturated heterocycles. The third kappa shape index (κ3) is 5.07. The topological polar surface area (TPSA) is 54.9 Å². The Morgan fingerprint density at radius 2 is 2.24 bits per heavy atom. The first-order valence-electron chi connectivity index (χ1n) is 6.60. The van der Waals surface area contributed by atoms with Gasteiger partial charge in [0.15, 0.2) is 0 Å². The van der Waals surface area contributed by atoms with Gasteiger partial charge in [-0.15, -0.1) is 10.2 Å². The van der Waals surface area contributed by atoms with E-state index in [4.69, 9.17) is 0 Å². The number of benzene rings is 1. The average molecular weight is 305 g/mol. The van der Waals surface area contributed by atoms with Crippen LogP contribution in [0, 0.1) is 11.7 Å². The Hall–Kier alpha value is -2.08. The van der Waals surface area contributed by atoms with Crippen molar-refractivity contribution in [3.8, 4) is 0 Å². The van der Waals surface area contributed by atoms with Crippen LogP contribution in [0.1, 0.15) is 24.4 Å². The number of halogens is 1. The lowest BCUT2D eigenvalue weighted by atomic mass is 10.1. The highest BCUT2D eigenvalue weighted by Gasteiger charge is 2.07. The van der Waals surface area contributed by atoms with Crippen LogP contribution in [0.4, 0.5) is 9.52 Å². The predicted octanol–water partition coefficient (Wildman–Crippen LogP) is 3.53. The standard InChI is InChI=1S/C15H16FN3OS/c1-10(2)8-14-18-19-15(21-14)17-13(20)7-6-11-4-3-5-12(16)9-11/h3-7,9-10H,8H2,1-2H3,(H,17,19,20)/b7-6+. The zero-order valence-corrected chi connectivity index (χ0v) is 12.7. The summed E-state index contributed by atoms with van der Waals surface area (Å²) in [6.07, 6.45) is 3.74. The van der Waals surface area contributed by atoms with E-state index in [0.717, 1.165) is 11.4 Å². The largest absolute Gasteiger partial charge is 0.297 e. The molecule has 1 N–H and O–H groups in total. The third-order valence-corrected chi connectivity index (χ3v) is 3.42. The number of rotatable bonds is 5. The molecule has 6 heteroatoms. The van der Waals surface area contributed by atoms with Crippen LogP contribution in [0.3, 0.4) is 0 Å².